The number of rotatable bonds is 3. The molecule has 0 aromatic rings. The molecule has 0 radical (unpaired) electrons. The van der Waals surface area contributed by atoms with Gasteiger partial charge < -0.3 is 0 Å². The van der Waals surface area contributed by atoms with E-state index < -0.39 is 36.3 Å². The van der Waals surface area contributed by atoms with Crippen molar-refractivity contribution >= 4 is 6.04 Å². The van der Waals surface area contributed by atoms with Gasteiger partial charge in [-0.2, -0.15) is 52.7 Å². The minimum atomic E-state index is -7.27. The molecule has 0 aliphatic rings. The highest BCUT2D eigenvalue weighted by molar-refractivity contribution is 5.77. The summed E-state index contributed by atoms with van der Waals surface area (Å²) in [4.78, 5) is 9.66. The molecule has 20 heavy (non-hydrogen) atoms. The van der Waals surface area contributed by atoms with E-state index in [0.29, 0.717) is 0 Å². The van der Waals surface area contributed by atoms with Crippen molar-refractivity contribution in [3.8, 4) is 0 Å². The van der Waals surface area contributed by atoms with Crippen LogP contribution in [0.25, 0.3) is 0 Å². The van der Waals surface area contributed by atoms with E-state index >= 15 is 0 Å². The third-order valence-electron chi connectivity index (χ3n) is 1.63. The maximum Gasteiger partial charge on any atom is 0.459 e. The van der Waals surface area contributed by atoms with Gasteiger partial charge >= 0.3 is 36.3 Å². The van der Waals surface area contributed by atoms with Gasteiger partial charge in [0.15, 0.2) is 0 Å². The van der Waals surface area contributed by atoms with Crippen LogP contribution in [-0.4, -0.2) is 36.3 Å². The number of carbonyl (C=O) groups excluding carboxylic acids is 1. The highest BCUT2D eigenvalue weighted by atomic mass is 19.4. The Balaban J connectivity index is 6.00. The smallest absolute Gasteiger partial charge is 0.278 e. The number of ether oxygens (including phenoxy) is 1. The first kappa shape index (κ1) is 18.8. The van der Waals surface area contributed by atoms with E-state index in [9.17, 15) is 57.5 Å². The molecule has 0 N–H and O–H groups in total. The van der Waals surface area contributed by atoms with E-state index in [-0.39, 0.29) is 0 Å². The summed E-state index contributed by atoms with van der Waals surface area (Å²) < 4.78 is 145. The summed E-state index contributed by atoms with van der Waals surface area (Å²) in [6, 6.07) is -4.44. The molecular weight excluding hydrogens is 332 g/mol. The molecule has 1 unspecified atom stereocenters. The average Bonchev–Trinajstić information content (AvgIpc) is 2.11. The Morgan fingerprint density at radius 2 is 0.950 bits per heavy atom. The van der Waals surface area contributed by atoms with Gasteiger partial charge in [-0.05, 0) is 0 Å². The highest BCUT2D eigenvalue weighted by Crippen LogP contribution is 2.52. The Hall–Kier alpha value is -1.21. The Morgan fingerprint density at radius 3 is 1.10 bits per heavy atom. The summed E-state index contributed by atoms with van der Waals surface area (Å²) in [5.74, 6) is -14.0. The molecule has 0 bridgehead atoms. The van der Waals surface area contributed by atoms with Crippen molar-refractivity contribution in [2.45, 2.75) is 30.2 Å². The number of hydrogen-bond donors (Lipinski definition) is 0. The molecule has 0 heterocycles. The molecule has 0 aliphatic heterocycles. The van der Waals surface area contributed by atoms with E-state index in [4.69, 9.17) is 0 Å². The van der Waals surface area contributed by atoms with Gasteiger partial charge in [-0.3, -0.25) is 9.53 Å². The molecule has 0 saturated heterocycles. The molecule has 120 valence electrons. The van der Waals surface area contributed by atoms with Gasteiger partial charge in [0.1, 0.15) is 0 Å². The van der Waals surface area contributed by atoms with Gasteiger partial charge in [0.2, 0.25) is 0 Å². The van der Waals surface area contributed by atoms with E-state index in [1.54, 1.807) is 4.74 Å². The van der Waals surface area contributed by atoms with Crippen molar-refractivity contribution in [2.24, 2.45) is 0 Å². The third kappa shape index (κ3) is 2.93. The Morgan fingerprint density at radius 1 is 0.650 bits per heavy atom. The number of hydrogen-bond acceptors (Lipinski definition) is 2. The minimum absolute atomic E-state index is 1.55. The first-order chi connectivity index (χ1) is 8.40. The summed E-state index contributed by atoms with van der Waals surface area (Å²) in [7, 11) is 0. The monoisotopic (exact) mass is 332 g/mol. The van der Waals surface area contributed by atoms with Crippen molar-refractivity contribution < 1.29 is 62.2 Å². The number of alkyl halides is 11. The molecule has 0 fully saturated rings. The van der Waals surface area contributed by atoms with Crippen LogP contribution in [0.1, 0.15) is 0 Å². The lowest BCUT2D eigenvalue weighted by molar-refractivity contribution is -0.480. The largest absolute Gasteiger partial charge is 0.459 e. The summed E-state index contributed by atoms with van der Waals surface area (Å²) in [5.41, 5.74) is 0. The summed E-state index contributed by atoms with van der Waals surface area (Å²) in [6.07, 6.45) is -21.6. The summed E-state index contributed by atoms with van der Waals surface area (Å²) in [6.45, 7) is 0. The van der Waals surface area contributed by atoms with E-state index in [1.165, 1.54) is 0 Å². The van der Waals surface area contributed by atoms with Gasteiger partial charge in [-0.15, -0.1) is 0 Å². The maximum atomic E-state index is 12.7. The molecule has 0 saturated carbocycles. The molecule has 2 nitrogen and oxygen atoms in total. The van der Waals surface area contributed by atoms with Crippen LogP contribution >= 0.6 is 0 Å². The Kier molecular flexibility index (Phi) is 4.38. The fourth-order valence-electron chi connectivity index (χ4n) is 0.680. The van der Waals surface area contributed by atoms with Crippen LogP contribution in [0.2, 0.25) is 0 Å². The van der Waals surface area contributed by atoms with Gasteiger partial charge in [-0.25, -0.2) is 0 Å². The highest BCUT2D eigenvalue weighted by Gasteiger charge is 2.81. The second-order valence-electron chi connectivity index (χ2n) is 3.06. The lowest BCUT2D eigenvalue weighted by Crippen LogP contribution is -2.63. The topological polar surface area (TPSA) is 26.3 Å². The molecule has 0 rings (SSSR count). The van der Waals surface area contributed by atoms with Crippen LogP contribution in [0, 0.1) is 0 Å². The van der Waals surface area contributed by atoms with E-state index in [1.807, 2.05) is 0 Å². The van der Waals surface area contributed by atoms with Crippen molar-refractivity contribution in [3.05, 3.63) is 0 Å². The number of carbonyl (C=O) groups is 1. The lowest BCUT2D eigenvalue weighted by atomic mass is 10.2. The van der Waals surface area contributed by atoms with E-state index in [0.717, 1.165) is 0 Å². The van der Waals surface area contributed by atoms with Crippen molar-refractivity contribution in [3.63, 3.8) is 0 Å². The molecule has 0 aromatic carbocycles. The first-order valence-corrected chi connectivity index (χ1v) is 3.88. The molecule has 0 spiro atoms. The van der Waals surface area contributed by atoms with Crippen LogP contribution < -0.4 is 0 Å². The third-order valence-corrected chi connectivity index (χ3v) is 1.63. The zero-order valence-electron chi connectivity index (χ0n) is 8.35. The fourth-order valence-corrected chi connectivity index (χ4v) is 0.680. The quantitative estimate of drug-likeness (QED) is 0.584. The van der Waals surface area contributed by atoms with Crippen LogP contribution in [0.5, 0.6) is 0 Å². The molecule has 0 aliphatic carbocycles. The van der Waals surface area contributed by atoms with Crippen LogP contribution in [0.3, 0.4) is 0 Å². The summed E-state index contributed by atoms with van der Waals surface area (Å²) >= 11 is 0. The van der Waals surface area contributed by atoms with Gasteiger partial charge in [0, 0.05) is 0 Å². The second-order valence-corrected chi connectivity index (χ2v) is 3.06. The average molecular weight is 332 g/mol. The van der Waals surface area contributed by atoms with Crippen LogP contribution in [-0.2, 0) is 9.53 Å². The molecule has 14 heteroatoms. The van der Waals surface area contributed by atoms with Crippen LogP contribution in [0.4, 0.5) is 52.7 Å². The van der Waals surface area contributed by atoms with Gasteiger partial charge in [-0.1, -0.05) is 0 Å². The molecule has 0 amide bonds. The lowest BCUT2D eigenvalue weighted by Gasteiger charge is -2.34. The maximum absolute atomic E-state index is 12.7. The van der Waals surface area contributed by atoms with E-state index in [2.05, 4.69) is 0 Å². The minimum Gasteiger partial charge on any atom is -0.278 e. The van der Waals surface area contributed by atoms with Gasteiger partial charge in [0.05, 0.1) is 0 Å². The van der Waals surface area contributed by atoms with Gasteiger partial charge in [0.25, 0.3) is 0 Å². The van der Waals surface area contributed by atoms with Crippen molar-refractivity contribution in [2.75, 3.05) is 0 Å². The Labute approximate surface area is 99.8 Å². The summed E-state index contributed by atoms with van der Waals surface area (Å²) in [5, 5.41) is 0. The fraction of sp³-hybridized carbons (Fsp3) is 0.833. The SMILES string of the molecule is O=C(F)C(F)(OC(F)(C(F)(F)F)C(F)(F)F)C(F)(F)F. The predicted octanol–water partition coefficient (Wildman–Crippen LogP) is 3.52. The normalized spacial score (nSPS) is 17.8. The first-order valence-electron chi connectivity index (χ1n) is 3.88. The zero-order chi connectivity index (χ0) is 16.8. The molecular formula is C6F12O2. The Bertz CT molecular complexity index is 363. The van der Waals surface area contributed by atoms with Crippen molar-refractivity contribution in [1.29, 1.82) is 0 Å². The molecule has 0 aromatic heterocycles. The predicted molar refractivity (Wildman–Crippen MR) is 33.0 cm³/mol. The second kappa shape index (κ2) is 4.66. The van der Waals surface area contributed by atoms with Crippen molar-refractivity contribution in [1.82, 2.24) is 0 Å². The van der Waals surface area contributed by atoms with Crippen LogP contribution in [0.15, 0.2) is 0 Å². The standard InChI is InChI=1S/C6F12O2/c7-1(19)2(8,4(10,11)12)20-3(9,5(13,14)15)6(16,17)18. The number of halogens is 12. The molecule has 1 atom stereocenters. The zero-order valence-corrected chi connectivity index (χ0v) is 8.35.